The van der Waals surface area contributed by atoms with E-state index in [2.05, 4.69) is 5.32 Å². The Morgan fingerprint density at radius 2 is 1.64 bits per heavy atom. The largest absolute Gasteiger partial charge is 0.326 e. The van der Waals surface area contributed by atoms with E-state index >= 15 is 0 Å². The summed E-state index contributed by atoms with van der Waals surface area (Å²) in [5.74, 6) is -0.560. The second-order valence-electron chi connectivity index (χ2n) is 6.03. The van der Waals surface area contributed by atoms with Crippen LogP contribution in [0.15, 0.2) is 59.5 Å². The number of rotatable bonds is 5. The van der Waals surface area contributed by atoms with Crippen molar-refractivity contribution in [3.63, 3.8) is 0 Å². The van der Waals surface area contributed by atoms with Crippen LogP contribution in [0.1, 0.15) is 24.8 Å². The maximum absolute atomic E-state index is 12.3. The zero-order valence-corrected chi connectivity index (χ0v) is 14.4. The summed E-state index contributed by atoms with van der Waals surface area (Å²) in [6.45, 7) is 1.13. The van der Waals surface area contributed by atoms with E-state index in [0.717, 1.165) is 18.9 Å². The van der Waals surface area contributed by atoms with Gasteiger partial charge in [0.15, 0.2) is 0 Å². The van der Waals surface area contributed by atoms with Crippen molar-refractivity contribution in [3.8, 4) is 0 Å². The summed E-state index contributed by atoms with van der Waals surface area (Å²) in [6.07, 6.45) is 0.810. The van der Waals surface area contributed by atoms with Crippen molar-refractivity contribution >= 4 is 27.5 Å². The minimum Gasteiger partial charge on any atom is -0.326 e. The molecule has 1 saturated carbocycles. The third kappa shape index (κ3) is 4.06. The van der Waals surface area contributed by atoms with Crippen LogP contribution in [-0.4, -0.2) is 20.2 Å². The molecule has 2 aromatic carbocycles. The average Bonchev–Trinajstić information content (AvgIpc) is 3.36. The molecule has 130 valence electrons. The van der Waals surface area contributed by atoms with Crippen molar-refractivity contribution in [1.29, 1.82) is 0 Å². The van der Waals surface area contributed by atoms with Gasteiger partial charge in [0.05, 0.1) is 4.90 Å². The van der Waals surface area contributed by atoms with Crippen molar-refractivity contribution in [1.82, 2.24) is 4.72 Å². The maximum Gasteiger partial charge on any atom is 0.264 e. The first-order valence-electron chi connectivity index (χ1n) is 7.86. The lowest BCUT2D eigenvalue weighted by Crippen LogP contribution is -2.28. The van der Waals surface area contributed by atoms with Crippen LogP contribution in [0.25, 0.3) is 0 Å². The Kier molecular flexibility index (Phi) is 4.59. The fourth-order valence-corrected chi connectivity index (χ4v) is 3.74. The van der Waals surface area contributed by atoms with E-state index < -0.39 is 15.9 Å². The molecule has 2 atom stereocenters. The molecular formula is C18H18N2O4S. The molecule has 1 fully saturated rings. The van der Waals surface area contributed by atoms with Crippen LogP contribution in [0.3, 0.4) is 0 Å². The smallest absolute Gasteiger partial charge is 0.264 e. The molecule has 0 unspecified atom stereocenters. The molecule has 0 aromatic heterocycles. The van der Waals surface area contributed by atoms with E-state index in [4.69, 9.17) is 0 Å². The van der Waals surface area contributed by atoms with E-state index in [0.29, 0.717) is 5.69 Å². The number of amides is 2. The third-order valence-corrected chi connectivity index (χ3v) is 5.51. The van der Waals surface area contributed by atoms with Crippen LogP contribution >= 0.6 is 0 Å². The molecule has 0 radical (unpaired) electrons. The lowest BCUT2D eigenvalue weighted by Gasteiger charge is -2.08. The van der Waals surface area contributed by atoms with Gasteiger partial charge in [-0.1, -0.05) is 30.3 Å². The predicted octanol–water partition coefficient (Wildman–Crippen LogP) is 2.25. The Bertz CT molecular complexity index is 892. The molecule has 25 heavy (non-hydrogen) atoms. The molecular weight excluding hydrogens is 340 g/mol. The standard InChI is InChI=1S/C18H18N2O4S/c1-12(21)20-25(23,24)15-9-7-14(8-10-15)19-18(22)17-11-16(17)13-5-3-2-4-6-13/h2-10,16-17H,11H2,1H3,(H,19,22)(H,20,21)/t16-,17+/m0/s1. The first-order valence-corrected chi connectivity index (χ1v) is 9.34. The lowest BCUT2D eigenvalue weighted by molar-refractivity contribution is -0.118. The van der Waals surface area contributed by atoms with Gasteiger partial charge in [-0.15, -0.1) is 0 Å². The SMILES string of the molecule is CC(=O)NS(=O)(=O)c1ccc(NC(=O)[C@@H]2C[C@H]2c2ccccc2)cc1. The van der Waals surface area contributed by atoms with Gasteiger partial charge < -0.3 is 5.32 Å². The second kappa shape index (κ2) is 6.68. The molecule has 0 saturated heterocycles. The molecule has 3 rings (SSSR count). The van der Waals surface area contributed by atoms with Gasteiger partial charge in [-0.3, -0.25) is 9.59 Å². The van der Waals surface area contributed by atoms with Gasteiger partial charge in [0.1, 0.15) is 0 Å². The Morgan fingerprint density at radius 3 is 2.24 bits per heavy atom. The van der Waals surface area contributed by atoms with Gasteiger partial charge in [0, 0.05) is 18.5 Å². The zero-order valence-electron chi connectivity index (χ0n) is 13.6. The highest BCUT2D eigenvalue weighted by Crippen LogP contribution is 2.47. The van der Waals surface area contributed by atoms with Crippen LogP contribution in [0.5, 0.6) is 0 Å². The van der Waals surface area contributed by atoms with Crippen molar-refractivity contribution in [2.75, 3.05) is 5.32 Å². The van der Waals surface area contributed by atoms with E-state index in [-0.39, 0.29) is 22.6 Å². The molecule has 0 aliphatic heterocycles. The molecule has 2 amide bonds. The Hall–Kier alpha value is -2.67. The first kappa shape index (κ1) is 17.2. The Morgan fingerprint density at radius 1 is 1.00 bits per heavy atom. The minimum atomic E-state index is -3.87. The quantitative estimate of drug-likeness (QED) is 0.857. The summed E-state index contributed by atoms with van der Waals surface area (Å²) in [5, 5.41) is 2.80. The number of sulfonamides is 1. The van der Waals surface area contributed by atoms with Crippen molar-refractivity contribution in [2.45, 2.75) is 24.2 Å². The van der Waals surface area contributed by atoms with Gasteiger partial charge in [-0.05, 0) is 42.2 Å². The summed E-state index contributed by atoms with van der Waals surface area (Å²) >= 11 is 0. The monoisotopic (exact) mass is 358 g/mol. The fourth-order valence-electron chi connectivity index (χ4n) is 2.75. The van der Waals surface area contributed by atoms with Gasteiger partial charge in [0.2, 0.25) is 11.8 Å². The summed E-state index contributed by atoms with van der Waals surface area (Å²) in [5.41, 5.74) is 1.67. The Labute approximate surface area is 146 Å². The van der Waals surface area contributed by atoms with Crippen LogP contribution in [0, 0.1) is 5.92 Å². The average molecular weight is 358 g/mol. The van der Waals surface area contributed by atoms with E-state index in [9.17, 15) is 18.0 Å². The van der Waals surface area contributed by atoms with Crippen LogP contribution in [-0.2, 0) is 19.6 Å². The molecule has 7 heteroatoms. The van der Waals surface area contributed by atoms with Crippen molar-refractivity contribution in [3.05, 3.63) is 60.2 Å². The normalized spacial score (nSPS) is 19.1. The molecule has 0 bridgehead atoms. The molecule has 6 nitrogen and oxygen atoms in total. The first-order chi connectivity index (χ1) is 11.9. The van der Waals surface area contributed by atoms with E-state index in [1.165, 1.54) is 24.3 Å². The van der Waals surface area contributed by atoms with E-state index in [1.807, 2.05) is 35.1 Å². The van der Waals surface area contributed by atoms with Gasteiger partial charge >= 0.3 is 0 Å². The second-order valence-corrected chi connectivity index (χ2v) is 7.72. The molecule has 0 heterocycles. The molecule has 2 aromatic rings. The number of carbonyl (C=O) groups is 2. The lowest BCUT2D eigenvalue weighted by atomic mass is 10.1. The zero-order chi connectivity index (χ0) is 18.0. The highest BCUT2D eigenvalue weighted by molar-refractivity contribution is 7.90. The van der Waals surface area contributed by atoms with Crippen LogP contribution in [0.2, 0.25) is 0 Å². The molecule has 1 aliphatic carbocycles. The van der Waals surface area contributed by atoms with Gasteiger partial charge in [-0.25, -0.2) is 13.1 Å². The molecule has 1 aliphatic rings. The van der Waals surface area contributed by atoms with E-state index in [1.54, 1.807) is 0 Å². The van der Waals surface area contributed by atoms with Crippen LogP contribution < -0.4 is 10.0 Å². The number of benzene rings is 2. The predicted molar refractivity (Wildman–Crippen MR) is 93.4 cm³/mol. The number of anilines is 1. The number of hydrogen-bond donors (Lipinski definition) is 2. The summed E-state index contributed by atoms with van der Waals surface area (Å²) < 4.78 is 25.6. The summed E-state index contributed by atoms with van der Waals surface area (Å²) in [7, 11) is -3.87. The summed E-state index contributed by atoms with van der Waals surface area (Å²) in [6, 6.07) is 15.6. The van der Waals surface area contributed by atoms with Crippen molar-refractivity contribution in [2.24, 2.45) is 5.92 Å². The molecule has 2 N–H and O–H groups in total. The van der Waals surface area contributed by atoms with Crippen LogP contribution in [0.4, 0.5) is 5.69 Å². The highest BCUT2D eigenvalue weighted by Gasteiger charge is 2.43. The number of hydrogen-bond acceptors (Lipinski definition) is 4. The fraction of sp³-hybridized carbons (Fsp3) is 0.222. The topological polar surface area (TPSA) is 92.3 Å². The Balaban J connectivity index is 1.63. The highest BCUT2D eigenvalue weighted by atomic mass is 32.2. The maximum atomic E-state index is 12.3. The summed E-state index contributed by atoms with van der Waals surface area (Å²) in [4.78, 5) is 23.2. The van der Waals surface area contributed by atoms with Crippen molar-refractivity contribution < 1.29 is 18.0 Å². The van der Waals surface area contributed by atoms with Gasteiger partial charge in [-0.2, -0.15) is 0 Å². The van der Waals surface area contributed by atoms with Gasteiger partial charge in [0.25, 0.3) is 10.0 Å². The third-order valence-electron chi connectivity index (χ3n) is 4.07. The number of nitrogens with one attached hydrogen (secondary N) is 2. The minimum absolute atomic E-state index is 0.0331. The molecule has 0 spiro atoms. The number of carbonyl (C=O) groups excluding carboxylic acids is 2.